The summed E-state index contributed by atoms with van der Waals surface area (Å²) in [5.74, 6) is 0.946. The van der Waals surface area contributed by atoms with Crippen LogP contribution in [0, 0.1) is 5.92 Å². The van der Waals surface area contributed by atoms with Gasteiger partial charge in [-0.1, -0.05) is 6.07 Å². The van der Waals surface area contributed by atoms with Crippen molar-refractivity contribution >= 4 is 29.7 Å². The van der Waals surface area contributed by atoms with E-state index >= 15 is 0 Å². The van der Waals surface area contributed by atoms with Crippen LogP contribution in [0.25, 0.3) is 0 Å². The minimum Gasteiger partial charge on any atom is -0.353 e. The summed E-state index contributed by atoms with van der Waals surface area (Å²) in [5.41, 5.74) is 0. The van der Waals surface area contributed by atoms with Crippen LogP contribution in [-0.4, -0.2) is 25.0 Å². The van der Waals surface area contributed by atoms with Crippen molar-refractivity contribution in [1.82, 2.24) is 10.6 Å². The van der Waals surface area contributed by atoms with E-state index < -0.39 is 0 Å². The third-order valence-electron chi connectivity index (χ3n) is 3.73. The fourth-order valence-corrected chi connectivity index (χ4v) is 3.47. The molecular formula is C15H25ClN2OS. The fraction of sp³-hybridized carbons (Fsp3) is 0.667. The summed E-state index contributed by atoms with van der Waals surface area (Å²) < 4.78 is 0. The summed E-state index contributed by atoms with van der Waals surface area (Å²) in [4.78, 5) is 13.2. The zero-order chi connectivity index (χ0) is 13.5. The summed E-state index contributed by atoms with van der Waals surface area (Å²) in [6.45, 7) is 4.31. The summed E-state index contributed by atoms with van der Waals surface area (Å²) in [5, 5.41) is 8.55. The smallest absolute Gasteiger partial charge is 0.220 e. The van der Waals surface area contributed by atoms with Gasteiger partial charge in [-0.25, -0.2) is 0 Å². The molecule has 2 rings (SSSR count). The average Bonchev–Trinajstić information content (AvgIpc) is 2.90. The Hall–Kier alpha value is -0.580. The zero-order valence-corrected chi connectivity index (χ0v) is 13.7. The second-order valence-corrected chi connectivity index (χ2v) is 6.52. The zero-order valence-electron chi connectivity index (χ0n) is 12.1. The van der Waals surface area contributed by atoms with Crippen LogP contribution in [-0.2, 0) is 11.2 Å². The van der Waals surface area contributed by atoms with Crippen molar-refractivity contribution in [3.63, 3.8) is 0 Å². The van der Waals surface area contributed by atoms with Crippen LogP contribution in [0.5, 0.6) is 0 Å². The number of nitrogens with one attached hydrogen (secondary N) is 2. The molecule has 0 aliphatic carbocycles. The predicted octanol–water partition coefficient (Wildman–Crippen LogP) is 3.00. The Balaban J connectivity index is 0.00000200. The first kappa shape index (κ1) is 17.5. The second kappa shape index (κ2) is 9.37. The van der Waals surface area contributed by atoms with Gasteiger partial charge in [-0.2, -0.15) is 0 Å². The normalized spacial score (nSPS) is 17.2. The molecule has 1 amide bonds. The SMILES string of the molecule is CC(Cc1cccs1)NC(=O)CCC1CCNCC1.Cl. The number of amides is 1. The number of carbonyl (C=O) groups excluding carboxylic acids is 1. The maximum atomic E-state index is 11.9. The van der Waals surface area contributed by atoms with Crippen molar-refractivity contribution in [2.45, 2.75) is 45.1 Å². The lowest BCUT2D eigenvalue weighted by Crippen LogP contribution is -2.34. The summed E-state index contributed by atoms with van der Waals surface area (Å²) in [7, 11) is 0. The Kier molecular flexibility index (Phi) is 8.19. The van der Waals surface area contributed by atoms with Gasteiger partial charge in [0.15, 0.2) is 0 Å². The molecule has 5 heteroatoms. The molecule has 1 unspecified atom stereocenters. The first-order valence-electron chi connectivity index (χ1n) is 7.26. The number of carbonyl (C=O) groups is 1. The van der Waals surface area contributed by atoms with Gasteiger partial charge < -0.3 is 10.6 Å². The summed E-state index contributed by atoms with van der Waals surface area (Å²) in [6, 6.07) is 4.42. The fourth-order valence-electron chi connectivity index (χ4n) is 2.63. The van der Waals surface area contributed by atoms with E-state index in [9.17, 15) is 4.79 Å². The van der Waals surface area contributed by atoms with Crippen molar-refractivity contribution < 1.29 is 4.79 Å². The topological polar surface area (TPSA) is 41.1 Å². The van der Waals surface area contributed by atoms with Crippen LogP contribution in [0.1, 0.15) is 37.5 Å². The maximum Gasteiger partial charge on any atom is 0.220 e. The first-order valence-corrected chi connectivity index (χ1v) is 8.14. The maximum absolute atomic E-state index is 11.9. The third-order valence-corrected chi connectivity index (χ3v) is 4.63. The van der Waals surface area contributed by atoms with Gasteiger partial charge in [0.2, 0.25) is 5.91 Å². The Morgan fingerprint density at radius 2 is 2.25 bits per heavy atom. The molecule has 1 aromatic rings. The van der Waals surface area contributed by atoms with Crippen molar-refractivity contribution in [3.05, 3.63) is 22.4 Å². The number of piperidine rings is 1. The molecule has 0 bridgehead atoms. The van der Waals surface area contributed by atoms with E-state index in [2.05, 4.69) is 35.1 Å². The van der Waals surface area contributed by atoms with E-state index in [1.54, 1.807) is 11.3 Å². The Morgan fingerprint density at radius 1 is 1.50 bits per heavy atom. The highest BCUT2D eigenvalue weighted by molar-refractivity contribution is 7.09. The first-order chi connectivity index (χ1) is 9.24. The van der Waals surface area contributed by atoms with Crippen LogP contribution in [0.3, 0.4) is 0 Å². The van der Waals surface area contributed by atoms with Gasteiger partial charge in [-0.15, -0.1) is 23.7 Å². The largest absolute Gasteiger partial charge is 0.353 e. The van der Waals surface area contributed by atoms with Gasteiger partial charge in [0, 0.05) is 23.8 Å². The Bertz CT molecular complexity index is 377. The van der Waals surface area contributed by atoms with Crippen molar-refractivity contribution in [1.29, 1.82) is 0 Å². The number of hydrogen-bond donors (Lipinski definition) is 2. The lowest BCUT2D eigenvalue weighted by molar-refractivity contribution is -0.122. The predicted molar refractivity (Wildman–Crippen MR) is 87.7 cm³/mol. The molecule has 1 fully saturated rings. The van der Waals surface area contributed by atoms with E-state index in [0.29, 0.717) is 6.42 Å². The molecule has 0 saturated carbocycles. The molecule has 1 saturated heterocycles. The monoisotopic (exact) mass is 316 g/mol. The van der Waals surface area contributed by atoms with Gasteiger partial charge >= 0.3 is 0 Å². The van der Waals surface area contributed by atoms with Crippen LogP contribution < -0.4 is 10.6 Å². The molecule has 3 nitrogen and oxygen atoms in total. The molecule has 20 heavy (non-hydrogen) atoms. The van der Waals surface area contributed by atoms with Gasteiger partial charge in [0.1, 0.15) is 0 Å². The van der Waals surface area contributed by atoms with E-state index in [1.807, 2.05) is 0 Å². The van der Waals surface area contributed by atoms with Crippen molar-refractivity contribution in [2.24, 2.45) is 5.92 Å². The van der Waals surface area contributed by atoms with E-state index in [-0.39, 0.29) is 24.4 Å². The average molecular weight is 317 g/mol. The number of rotatable bonds is 6. The van der Waals surface area contributed by atoms with Gasteiger partial charge in [0.05, 0.1) is 0 Å². The van der Waals surface area contributed by atoms with Crippen LogP contribution in [0.2, 0.25) is 0 Å². The number of hydrogen-bond acceptors (Lipinski definition) is 3. The standard InChI is InChI=1S/C15H24N2OS.ClH/c1-12(11-14-3-2-10-19-14)17-15(18)5-4-13-6-8-16-9-7-13;/h2-3,10,12-13,16H,4-9,11H2,1H3,(H,17,18);1H. The Morgan fingerprint density at radius 3 is 2.90 bits per heavy atom. The minimum absolute atomic E-state index is 0. The highest BCUT2D eigenvalue weighted by Gasteiger charge is 2.15. The lowest BCUT2D eigenvalue weighted by Gasteiger charge is -2.22. The van der Waals surface area contributed by atoms with Crippen LogP contribution in [0.4, 0.5) is 0 Å². The van der Waals surface area contributed by atoms with E-state index in [1.165, 1.54) is 17.7 Å². The summed E-state index contributed by atoms with van der Waals surface area (Å²) >= 11 is 1.76. The number of halogens is 1. The molecule has 2 heterocycles. The number of thiophene rings is 1. The molecule has 114 valence electrons. The third kappa shape index (κ3) is 6.25. The molecule has 1 aromatic heterocycles. The second-order valence-electron chi connectivity index (χ2n) is 5.48. The van der Waals surface area contributed by atoms with Crippen molar-refractivity contribution in [3.8, 4) is 0 Å². The van der Waals surface area contributed by atoms with E-state index in [4.69, 9.17) is 0 Å². The molecule has 0 spiro atoms. The van der Waals surface area contributed by atoms with Gasteiger partial charge in [-0.05, 0) is 56.6 Å². The van der Waals surface area contributed by atoms with Crippen LogP contribution >= 0.6 is 23.7 Å². The highest BCUT2D eigenvalue weighted by Crippen LogP contribution is 2.17. The molecule has 1 aliphatic rings. The minimum atomic E-state index is 0. The van der Waals surface area contributed by atoms with Gasteiger partial charge in [0.25, 0.3) is 0 Å². The van der Waals surface area contributed by atoms with Gasteiger partial charge in [-0.3, -0.25) is 4.79 Å². The van der Waals surface area contributed by atoms with Crippen molar-refractivity contribution in [2.75, 3.05) is 13.1 Å². The molecule has 0 radical (unpaired) electrons. The Labute approximate surface area is 131 Å². The lowest BCUT2D eigenvalue weighted by atomic mass is 9.93. The highest BCUT2D eigenvalue weighted by atomic mass is 35.5. The molecule has 1 atom stereocenters. The van der Waals surface area contributed by atoms with Crippen LogP contribution in [0.15, 0.2) is 17.5 Å². The molecule has 2 N–H and O–H groups in total. The van der Waals surface area contributed by atoms with E-state index in [0.717, 1.165) is 31.8 Å². The molecular weight excluding hydrogens is 292 g/mol. The summed E-state index contributed by atoms with van der Waals surface area (Å²) in [6.07, 6.45) is 5.10. The molecule has 1 aliphatic heterocycles. The molecule has 0 aromatic carbocycles. The quantitative estimate of drug-likeness (QED) is 0.847.